The van der Waals surface area contributed by atoms with Crippen LogP contribution in [-0.2, 0) is 10.2 Å². The molecule has 0 amide bonds. The van der Waals surface area contributed by atoms with Gasteiger partial charge < -0.3 is 0 Å². The van der Waals surface area contributed by atoms with Crippen molar-refractivity contribution in [2.24, 2.45) is 0 Å². The molecule has 27 heavy (non-hydrogen) atoms. The number of aryl methyl sites for hydroxylation is 1. The Hall–Kier alpha value is -1.84. The molecule has 0 radical (unpaired) electrons. The van der Waals surface area contributed by atoms with Crippen LogP contribution < -0.4 is 0 Å². The summed E-state index contributed by atoms with van der Waals surface area (Å²) in [6, 6.07) is 4.13. The molecule has 0 unspecified atom stereocenters. The number of rotatable bonds is 5. The van der Waals surface area contributed by atoms with Crippen LogP contribution in [0, 0.1) is 6.92 Å². The van der Waals surface area contributed by atoms with E-state index in [1.54, 1.807) is 20.3 Å². The minimum Gasteiger partial charge on any atom is -0.261 e. The third-order valence-electron chi connectivity index (χ3n) is 4.83. The number of nitrogens with zero attached hydrogens (tertiary/aromatic N) is 6. The Balaban J connectivity index is 1.93. The van der Waals surface area contributed by atoms with Crippen molar-refractivity contribution >= 4 is 10.2 Å². The normalized spacial score (nSPS) is 19.1. The van der Waals surface area contributed by atoms with Gasteiger partial charge in [-0.05, 0) is 45.7 Å². The fourth-order valence-corrected chi connectivity index (χ4v) is 4.62. The highest BCUT2D eigenvalue weighted by atomic mass is 32.2. The Morgan fingerprint density at radius 2 is 2.00 bits per heavy atom. The predicted molar refractivity (Wildman–Crippen MR) is 105 cm³/mol. The Morgan fingerprint density at radius 1 is 1.26 bits per heavy atom. The van der Waals surface area contributed by atoms with E-state index in [0.29, 0.717) is 18.9 Å². The van der Waals surface area contributed by atoms with Crippen LogP contribution in [0.25, 0.3) is 11.4 Å². The summed E-state index contributed by atoms with van der Waals surface area (Å²) < 4.78 is 29.7. The van der Waals surface area contributed by atoms with Crippen molar-refractivity contribution in [1.29, 1.82) is 0 Å². The Bertz CT molecular complexity index is 906. The van der Waals surface area contributed by atoms with Gasteiger partial charge in [0.1, 0.15) is 5.82 Å². The standard InChI is InChI=1S/C18H28N6O2S/c1-13(2)24-17(8-9-19-24)16-11-14(3)20-18(21-16)15-7-6-10-23(12-15)27(25,26)22(4)5/h8-9,11,13,15H,6-7,10,12H2,1-5H3/t15-/m0/s1. The molecule has 1 aliphatic heterocycles. The summed E-state index contributed by atoms with van der Waals surface area (Å²) >= 11 is 0. The number of piperidine rings is 1. The van der Waals surface area contributed by atoms with Crippen molar-refractivity contribution < 1.29 is 8.42 Å². The number of aromatic nitrogens is 4. The van der Waals surface area contributed by atoms with Crippen molar-refractivity contribution in [3.63, 3.8) is 0 Å². The van der Waals surface area contributed by atoms with Gasteiger partial charge in [0.25, 0.3) is 10.2 Å². The average molecular weight is 393 g/mol. The van der Waals surface area contributed by atoms with E-state index in [4.69, 9.17) is 4.98 Å². The molecular weight excluding hydrogens is 364 g/mol. The molecule has 0 bridgehead atoms. The van der Waals surface area contributed by atoms with Crippen molar-refractivity contribution in [3.05, 3.63) is 29.8 Å². The highest BCUT2D eigenvalue weighted by Crippen LogP contribution is 2.29. The van der Waals surface area contributed by atoms with Crippen LogP contribution in [0.1, 0.15) is 50.2 Å². The largest absolute Gasteiger partial charge is 0.281 e. The molecule has 2 aromatic heterocycles. The van der Waals surface area contributed by atoms with Crippen LogP contribution >= 0.6 is 0 Å². The molecular formula is C18H28N6O2S. The van der Waals surface area contributed by atoms with Crippen molar-refractivity contribution in [2.45, 2.75) is 45.6 Å². The summed E-state index contributed by atoms with van der Waals surface area (Å²) in [5, 5.41) is 4.39. The highest BCUT2D eigenvalue weighted by molar-refractivity contribution is 7.86. The molecule has 3 rings (SSSR count). The summed E-state index contributed by atoms with van der Waals surface area (Å²) in [7, 11) is -0.300. The van der Waals surface area contributed by atoms with Gasteiger partial charge in [-0.15, -0.1) is 0 Å². The molecule has 0 saturated carbocycles. The maximum atomic E-state index is 12.5. The van der Waals surface area contributed by atoms with Crippen molar-refractivity contribution in [2.75, 3.05) is 27.2 Å². The summed E-state index contributed by atoms with van der Waals surface area (Å²) in [5.41, 5.74) is 2.65. The lowest BCUT2D eigenvalue weighted by Gasteiger charge is -2.33. The van der Waals surface area contributed by atoms with Gasteiger partial charge in [0, 0.05) is 51.0 Å². The molecule has 9 heteroatoms. The quantitative estimate of drug-likeness (QED) is 0.779. The average Bonchev–Trinajstić information content (AvgIpc) is 3.11. The zero-order valence-electron chi connectivity index (χ0n) is 16.6. The molecule has 148 valence electrons. The lowest BCUT2D eigenvalue weighted by atomic mass is 9.98. The van der Waals surface area contributed by atoms with Crippen LogP contribution in [0.2, 0.25) is 0 Å². The molecule has 1 saturated heterocycles. The topological polar surface area (TPSA) is 84.2 Å². The minimum absolute atomic E-state index is 0.0115. The van der Waals surface area contributed by atoms with E-state index >= 15 is 0 Å². The fourth-order valence-electron chi connectivity index (χ4n) is 3.43. The minimum atomic E-state index is -3.43. The van der Waals surface area contributed by atoms with Crippen molar-refractivity contribution in [3.8, 4) is 11.4 Å². The first-order valence-electron chi connectivity index (χ1n) is 9.27. The first-order valence-corrected chi connectivity index (χ1v) is 10.7. The zero-order valence-corrected chi connectivity index (χ0v) is 17.4. The van der Waals surface area contributed by atoms with Gasteiger partial charge in [-0.1, -0.05) is 0 Å². The third kappa shape index (κ3) is 4.04. The zero-order chi connectivity index (χ0) is 19.8. The van der Waals surface area contributed by atoms with Gasteiger partial charge in [-0.25, -0.2) is 9.97 Å². The first-order chi connectivity index (χ1) is 12.7. The van der Waals surface area contributed by atoms with Gasteiger partial charge in [-0.3, -0.25) is 4.68 Å². The second-order valence-corrected chi connectivity index (χ2v) is 9.64. The lowest BCUT2D eigenvalue weighted by Crippen LogP contribution is -2.45. The van der Waals surface area contributed by atoms with Gasteiger partial charge in [0.15, 0.2) is 0 Å². The Morgan fingerprint density at radius 3 is 2.67 bits per heavy atom. The Kier molecular flexibility index (Phi) is 5.64. The van der Waals surface area contributed by atoms with Crippen molar-refractivity contribution in [1.82, 2.24) is 28.4 Å². The summed E-state index contributed by atoms with van der Waals surface area (Å²) in [6.07, 6.45) is 3.46. The van der Waals surface area contributed by atoms with Crippen LogP contribution in [0.15, 0.2) is 18.3 Å². The summed E-state index contributed by atoms with van der Waals surface area (Å²) in [5.74, 6) is 0.697. The van der Waals surface area contributed by atoms with Crippen LogP contribution in [0.3, 0.4) is 0 Å². The molecule has 0 spiro atoms. The molecule has 0 N–H and O–H groups in total. The molecule has 2 aromatic rings. The van der Waals surface area contributed by atoms with Gasteiger partial charge in [0.05, 0.1) is 11.4 Å². The van der Waals surface area contributed by atoms with Gasteiger partial charge >= 0.3 is 0 Å². The van der Waals surface area contributed by atoms with Crippen LogP contribution in [0.5, 0.6) is 0 Å². The van der Waals surface area contributed by atoms with E-state index in [1.165, 1.54) is 8.61 Å². The van der Waals surface area contributed by atoms with E-state index in [2.05, 4.69) is 23.9 Å². The number of hydrogen-bond acceptors (Lipinski definition) is 5. The van der Waals surface area contributed by atoms with E-state index in [1.807, 2.05) is 23.7 Å². The molecule has 0 aromatic carbocycles. The molecule has 0 aliphatic carbocycles. The van der Waals surface area contributed by atoms with Crippen LogP contribution in [0.4, 0.5) is 0 Å². The smallest absolute Gasteiger partial charge is 0.261 e. The first kappa shape index (κ1) is 19.9. The second kappa shape index (κ2) is 7.65. The maximum absolute atomic E-state index is 12.5. The van der Waals surface area contributed by atoms with Gasteiger partial charge in [-0.2, -0.15) is 22.1 Å². The summed E-state index contributed by atoms with van der Waals surface area (Å²) in [4.78, 5) is 9.42. The predicted octanol–water partition coefficient (Wildman–Crippen LogP) is 2.22. The summed E-state index contributed by atoms with van der Waals surface area (Å²) in [6.45, 7) is 7.05. The van der Waals surface area contributed by atoms with Crippen LogP contribution in [-0.4, -0.2) is 64.0 Å². The van der Waals surface area contributed by atoms with E-state index in [0.717, 1.165) is 29.9 Å². The SMILES string of the molecule is Cc1cc(-c2ccnn2C(C)C)nc([C@H]2CCCN(S(=O)(=O)N(C)C)C2)n1. The maximum Gasteiger partial charge on any atom is 0.281 e. The van der Waals surface area contributed by atoms with E-state index in [9.17, 15) is 8.42 Å². The van der Waals surface area contributed by atoms with E-state index in [-0.39, 0.29) is 12.0 Å². The molecule has 3 heterocycles. The van der Waals surface area contributed by atoms with Gasteiger partial charge in [0.2, 0.25) is 0 Å². The molecule has 1 aliphatic rings. The fraction of sp³-hybridized carbons (Fsp3) is 0.611. The third-order valence-corrected chi connectivity index (χ3v) is 6.74. The van der Waals surface area contributed by atoms with E-state index < -0.39 is 10.2 Å². The molecule has 8 nitrogen and oxygen atoms in total. The lowest BCUT2D eigenvalue weighted by molar-refractivity contribution is 0.293. The Labute approximate surface area is 161 Å². The molecule has 1 fully saturated rings. The molecule has 1 atom stereocenters. The number of hydrogen-bond donors (Lipinski definition) is 0. The monoisotopic (exact) mass is 392 g/mol. The second-order valence-electron chi connectivity index (χ2n) is 7.49. The highest BCUT2D eigenvalue weighted by Gasteiger charge is 2.32.